The summed E-state index contributed by atoms with van der Waals surface area (Å²) in [6, 6.07) is 8.29. The predicted molar refractivity (Wildman–Crippen MR) is 92.3 cm³/mol. The largest absolute Gasteiger partial charge is 0.352 e. The number of aromatic nitrogens is 2. The molecular formula is C19H24N4O. The molecule has 1 aromatic heterocycles. The zero-order valence-electron chi connectivity index (χ0n) is 13.9. The minimum absolute atomic E-state index is 0.223. The molecule has 5 heteroatoms. The van der Waals surface area contributed by atoms with Gasteiger partial charge < -0.3 is 15.2 Å². The molecule has 126 valence electrons. The second-order valence-corrected chi connectivity index (χ2v) is 7.09. The Kier molecular flexibility index (Phi) is 4.10. The van der Waals surface area contributed by atoms with Gasteiger partial charge in [0.15, 0.2) is 0 Å². The van der Waals surface area contributed by atoms with Crippen molar-refractivity contribution in [2.45, 2.75) is 32.4 Å². The van der Waals surface area contributed by atoms with E-state index in [1.54, 1.807) is 6.20 Å². The van der Waals surface area contributed by atoms with Gasteiger partial charge in [-0.2, -0.15) is 0 Å². The number of piperidine rings is 1. The third-order valence-electron chi connectivity index (χ3n) is 5.59. The first-order valence-corrected chi connectivity index (χ1v) is 8.78. The molecule has 0 bridgehead atoms. The molecule has 24 heavy (non-hydrogen) atoms. The third kappa shape index (κ3) is 3.08. The highest BCUT2D eigenvalue weighted by Crippen LogP contribution is 2.58. The second kappa shape index (κ2) is 6.40. The van der Waals surface area contributed by atoms with Crippen LogP contribution in [-0.4, -0.2) is 28.5 Å². The van der Waals surface area contributed by atoms with E-state index in [-0.39, 0.29) is 11.8 Å². The van der Waals surface area contributed by atoms with Crippen LogP contribution in [0.25, 0.3) is 0 Å². The number of imidazole rings is 1. The number of nitrogens with zero attached hydrogens (tertiary/aromatic N) is 2. The van der Waals surface area contributed by atoms with Crippen LogP contribution in [0, 0.1) is 11.3 Å². The van der Waals surface area contributed by atoms with Crippen LogP contribution in [0.2, 0.25) is 0 Å². The van der Waals surface area contributed by atoms with Gasteiger partial charge in [0.25, 0.3) is 0 Å². The Morgan fingerprint density at radius 2 is 2.08 bits per heavy atom. The minimum atomic E-state index is 0.223. The van der Waals surface area contributed by atoms with Gasteiger partial charge in [0.1, 0.15) is 0 Å². The summed E-state index contributed by atoms with van der Waals surface area (Å²) < 4.78 is 2.05. The van der Waals surface area contributed by atoms with Gasteiger partial charge in [-0.05, 0) is 48.9 Å². The summed E-state index contributed by atoms with van der Waals surface area (Å²) in [5, 5.41) is 6.56. The van der Waals surface area contributed by atoms with Crippen molar-refractivity contribution in [2.75, 3.05) is 13.1 Å². The Labute approximate surface area is 142 Å². The van der Waals surface area contributed by atoms with E-state index in [1.807, 2.05) is 29.2 Å². The minimum Gasteiger partial charge on any atom is -0.352 e. The quantitative estimate of drug-likeness (QED) is 0.884. The number of hydrogen-bond donors (Lipinski definition) is 2. The van der Waals surface area contributed by atoms with E-state index in [2.05, 4.69) is 27.8 Å². The maximum atomic E-state index is 12.5. The zero-order chi connectivity index (χ0) is 16.4. The molecule has 2 N–H and O–H groups in total. The number of nitrogens with one attached hydrogen (secondary N) is 2. The number of benzene rings is 1. The number of amides is 1. The van der Waals surface area contributed by atoms with Crippen molar-refractivity contribution in [3.8, 4) is 0 Å². The van der Waals surface area contributed by atoms with E-state index in [9.17, 15) is 4.79 Å². The van der Waals surface area contributed by atoms with Crippen molar-refractivity contribution in [1.29, 1.82) is 0 Å². The zero-order valence-corrected chi connectivity index (χ0v) is 13.9. The first-order valence-electron chi connectivity index (χ1n) is 8.78. The molecule has 2 fully saturated rings. The Balaban J connectivity index is 1.37. The molecule has 2 heterocycles. The molecular weight excluding hydrogens is 300 g/mol. The van der Waals surface area contributed by atoms with Crippen LogP contribution in [0.15, 0.2) is 43.0 Å². The Bertz CT molecular complexity index is 704. The Morgan fingerprint density at radius 3 is 2.83 bits per heavy atom. The lowest BCUT2D eigenvalue weighted by molar-refractivity contribution is -0.123. The van der Waals surface area contributed by atoms with Crippen molar-refractivity contribution < 1.29 is 4.79 Å². The molecule has 2 aliphatic rings. The van der Waals surface area contributed by atoms with Crippen molar-refractivity contribution in [2.24, 2.45) is 11.3 Å². The van der Waals surface area contributed by atoms with Gasteiger partial charge >= 0.3 is 0 Å². The van der Waals surface area contributed by atoms with Crippen LogP contribution in [0.1, 0.15) is 30.4 Å². The van der Waals surface area contributed by atoms with Crippen LogP contribution < -0.4 is 10.6 Å². The molecule has 2 aromatic rings. The monoisotopic (exact) mass is 324 g/mol. The topological polar surface area (TPSA) is 59.0 Å². The number of carbonyl (C=O) groups excluding carboxylic acids is 1. The molecule has 0 radical (unpaired) electrons. The van der Waals surface area contributed by atoms with Gasteiger partial charge in [-0.15, -0.1) is 0 Å². The smallest absolute Gasteiger partial charge is 0.223 e. The number of hydrogen-bond acceptors (Lipinski definition) is 3. The molecule has 5 nitrogen and oxygen atoms in total. The molecule has 1 aliphatic heterocycles. The molecule has 4 rings (SSSR count). The van der Waals surface area contributed by atoms with Crippen molar-refractivity contribution >= 4 is 5.91 Å². The van der Waals surface area contributed by atoms with E-state index >= 15 is 0 Å². The lowest BCUT2D eigenvalue weighted by Gasteiger charge is -2.23. The maximum absolute atomic E-state index is 12.5. The van der Waals surface area contributed by atoms with Crippen LogP contribution >= 0.6 is 0 Å². The second-order valence-electron chi connectivity index (χ2n) is 7.09. The van der Waals surface area contributed by atoms with Crippen molar-refractivity contribution in [3.63, 3.8) is 0 Å². The van der Waals surface area contributed by atoms with E-state index in [0.717, 1.165) is 38.9 Å². The Morgan fingerprint density at radius 1 is 1.29 bits per heavy atom. The van der Waals surface area contributed by atoms with Gasteiger partial charge in [0.2, 0.25) is 5.91 Å². The van der Waals surface area contributed by atoms with Crippen LogP contribution in [0.4, 0.5) is 0 Å². The van der Waals surface area contributed by atoms with Gasteiger partial charge in [0, 0.05) is 31.4 Å². The average molecular weight is 324 g/mol. The molecule has 1 aromatic carbocycles. The maximum Gasteiger partial charge on any atom is 0.223 e. The summed E-state index contributed by atoms with van der Waals surface area (Å²) in [6.07, 6.45) is 8.92. The molecule has 1 amide bonds. The highest BCUT2D eigenvalue weighted by Gasteiger charge is 2.57. The fourth-order valence-electron chi connectivity index (χ4n) is 3.96. The highest BCUT2D eigenvalue weighted by molar-refractivity contribution is 5.82. The number of rotatable bonds is 5. The average Bonchev–Trinajstić information content (AvgIpc) is 3.05. The highest BCUT2D eigenvalue weighted by atomic mass is 16.2. The summed E-state index contributed by atoms with van der Waals surface area (Å²) >= 11 is 0. The molecule has 1 unspecified atom stereocenters. The summed E-state index contributed by atoms with van der Waals surface area (Å²) in [5.41, 5.74) is 2.70. The fraction of sp³-hybridized carbons (Fsp3) is 0.474. The normalized spacial score (nSPS) is 21.6. The van der Waals surface area contributed by atoms with E-state index in [0.29, 0.717) is 12.0 Å². The van der Waals surface area contributed by atoms with Gasteiger partial charge in [-0.25, -0.2) is 4.98 Å². The van der Waals surface area contributed by atoms with Crippen molar-refractivity contribution in [1.82, 2.24) is 20.2 Å². The van der Waals surface area contributed by atoms with Crippen molar-refractivity contribution in [3.05, 3.63) is 54.1 Å². The SMILES string of the molecule is O=C(NCc1ccccc1Cn1ccnc1)C1CC12CCNCC2. The Hall–Kier alpha value is -2.14. The summed E-state index contributed by atoms with van der Waals surface area (Å²) in [7, 11) is 0. The van der Waals surface area contributed by atoms with Gasteiger partial charge in [-0.3, -0.25) is 4.79 Å². The lowest BCUT2D eigenvalue weighted by Crippen LogP contribution is -2.33. The van der Waals surface area contributed by atoms with Crippen LogP contribution in [0.3, 0.4) is 0 Å². The van der Waals surface area contributed by atoms with Crippen LogP contribution in [-0.2, 0) is 17.9 Å². The molecule has 1 saturated heterocycles. The van der Waals surface area contributed by atoms with E-state index in [1.165, 1.54) is 11.1 Å². The summed E-state index contributed by atoms with van der Waals surface area (Å²) in [5.74, 6) is 0.453. The van der Waals surface area contributed by atoms with E-state index < -0.39 is 0 Å². The molecule has 1 aliphatic carbocycles. The van der Waals surface area contributed by atoms with E-state index in [4.69, 9.17) is 0 Å². The molecule has 1 atom stereocenters. The standard InChI is InChI=1S/C19H24N4O/c24-18(17-11-19(17)5-7-20-8-6-19)22-12-15-3-1-2-4-16(15)13-23-10-9-21-14-23/h1-4,9-10,14,17,20H,5-8,11-13H2,(H,22,24). The van der Waals surface area contributed by atoms with Gasteiger partial charge in [0.05, 0.1) is 6.33 Å². The summed E-state index contributed by atoms with van der Waals surface area (Å²) in [4.78, 5) is 16.6. The predicted octanol–water partition coefficient (Wildman–Crippen LogP) is 1.94. The lowest BCUT2D eigenvalue weighted by atomic mass is 9.92. The molecule has 1 spiro atoms. The summed E-state index contributed by atoms with van der Waals surface area (Å²) in [6.45, 7) is 3.49. The number of carbonyl (C=O) groups is 1. The first kappa shape index (κ1) is 15.4. The van der Waals surface area contributed by atoms with Crippen LogP contribution in [0.5, 0.6) is 0 Å². The fourth-order valence-corrected chi connectivity index (χ4v) is 3.96. The first-order chi connectivity index (χ1) is 11.8. The van der Waals surface area contributed by atoms with Gasteiger partial charge in [-0.1, -0.05) is 24.3 Å². The molecule has 1 saturated carbocycles. The third-order valence-corrected chi connectivity index (χ3v) is 5.59.